The number of nitrogens with zero attached hydrogens (tertiary/aromatic N) is 2. The average Bonchev–Trinajstić information content (AvgIpc) is 3.13. The highest BCUT2D eigenvalue weighted by Gasteiger charge is 2.21. The Labute approximate surface area is 189 Å². The van der Waals surface area contributed by atoms with Crippen LogP contribution in [0, 0.1) is 0 Å². The highest BCUT2D eigenvalue weighted by molar-refractivity contribution is 6.33. The maximum absolute atomic E-state index is 12.9. The highest BCUT2D eigenvalue weighted by atomic mass is 35.5. The van der Waals surface area contributed by atoms with Crippen LogP contribution in [0.1, 0.15) is 39.5 Å². The van der Waals surface area contributed by atoms with Crippen LogP contribution in [-0.2, 0) is 6.54 Å². The zero-order valence-electron chi connectivity index (χ0n) is 16.7. The quantitative estimate of drug-likeness (QED) is 0.381. The molecule has 1 amide bonds. The molecule has 156 valence electrons. The second kappa shape index (κ2) is 8.92. The summed E-state index contributed by atoms with van der Waals surface area (Å²) in [7, 11) is 0. The molecule has 0 aliphatic heterocycles. The van der Waals surface area contributed by atoms with Crippen molar-refractivity contribution in [2.45, 2.75) is 19.5 Å². The molecule has 5 nitrogen and oxygen atoms in total. The number of imidazole rings is 1. The van der Waals surface area contributed by atoms with Crippen LogP contribution in [-0.4, -0.2) is 21.2 Å². The van der Waals surface area contributed by atoms with E-state index in [2.05, 4.69) is 10.3 Å². The molecule has 0 bridgehead atoms. The molecule has 1 N–H and O–H groups in total. The summed E-state index contributed by atoms with van der Waals surface area (Å²) in [4.78, 5) is 30.4. The van der Waals surface area contributed by atoms with E-state index in [9.17, 15) is 9.59 Å². The van der Waals surface area contributed by atoms with Crippen LogP contribution in [0.4, 0.5) is 0 Å². The van der Waals surface area contributed by atoms with Gasteiger partial charge in [-0.2, -0.15) is 0 Å². The van der Waals surface area contributed by atoms with Crippen LogP contribution in [0.25, 0.3) is 11.0 Å². The normalized spacial score (nSPS) is 12.0. The van der Waals surface area contributed by atoms with Gasteiger partial charge in [0.15, 0.2) is 5.78 Å². The maximum Gasteiger partial charge on any atom is 0.253 e. The Morgan fingerprint density at radius 3 is 2.39 bits per heavy atom. The minimum Gasteiger partial charge on any atom is -0.342 e. The number of hydrogen-bond donors (Lipinski definition) is 1. The number of rotatable bonds is 6. The lowest BCUT2D eigenvalue weighted by atomic mass is 10.1. The van der Waals surface area contributed by atoms with Crippen molar-refractivity contribution < 1.29 is 9.59 Å². The van der Waals surface area contributed by atoms with E-state index < -0.39 is 6.04 Å². The standard InChI is InChI=1S/C24H19Cl2N3O2/c1-15(27-24(31)18-6-2-3-7-19(18)26)23-28-20-8-4-5-9-21(20)29(23)14-22(30)16-10-12-17(25)13-11-16/h2-13,15H,14H2,1H3,(H,27,31). The van der Waals surface area contributed by atoms with Crippen LogP contribution in [0.15, 0.2) is 72.8 Å². The van der Waals surface area contributed by atoms with Gasteiger partial charge in [0.05, 0.1) is 34.2 Å². The number of aromatic nitrogens is 2. The molecule has 4 rings (SSSR count). The van der Waals surface area contributed by atoms with Crippen molar-refractivity contribution in [2.75, 3.05) is 0 Å². The Kier molecular flexibility index (Phi) is 6.07. The van der Waals surface area contributed by atoms with Crippen LogP contribution in [0.5, 0.6) is 0 Å². The number of fused-ring (bicyclic) bond motifs is 1. The molecule has 0 saturated carbocycles. The number of Topliss-reactive ketones (excluding diaryl/α,β-unsaturated/α-hetero) is 1. The first kappa shape index (κ1) is 21.1. The van der Waals surface area contributed by atoms with Gasteiger partial charge in [0.25, 0.3) is 5.91 Å². The molecule has 0 fully saturated rings. The molecule has 0 aliphatic carbocycles. The van der Waals surface area contributed by atoms with Crippen molar-refractivity contribution in [3.63, 3.8) is 0 Å². The third-order valence-corrected chi connectivity index (χ3v) is 5.59. The fraction of sp³-hybridized carbons (Fsp3) is 0.125. The first-order chi connectivity index (χ1) is 14.9. The Morgan fingerprint density at radius 2 is 1.65 bits per heavy atom. The van der Waals surface area contributed by atoms with Crippen LogP contribution < -0.4 is 5.32 Å². The van der Waals surface area contributed by atoms with E-state index in [1.165, 1.54) is 0 Å². The predicted octanol–water partition coefficient (Wildman–Crippen LogP) is 5.72. The summed E-state index contributed by atoms with van der Waals surface area (Å²) in [6, 6.07) is 20.7. The van der Waals surface area contributed by atoms with Gasteiger partial charge in [0, 0.05) is 10.6 Å². The average molecular weight is 452 g/mol. The third kappa shape index (κ3) is 4.48. The number of halogens is 2. The first-order valence-corrected chi connectivity index (χ1v) is 10.5. The molecule has 7 heteroatoms. The van der Waals surface area contributed by atoms with Crippen LogP contribution >= 0.6 is 23.2 Å². The molecule has 31 heavy (non-hydrogen) atoms. The summed E-state index contributed by atoms with van der Waals surface area (Å²) in [5.41, 5.74) is 2.51. The molecule has 3 aromatic carbocycles. The molecule has 0 radical (unpaired) electrons. The number of nitrogens with one attached hydrogen (secondary N) is 1. The second-order valence-corrected chi connectivity index (χ2v) is 7.99. The van der Waals surface area contributed by atoms with Gasteiger partial charge < -0.3 is 9.88 Å². The van der Waals surface area contributed by atoms with Crippen molar-refractivity contribution in [2.24, 2.45) is 0 Å². The van der Waals surface area contributed by atoms with Crippen molar-refractivity contribution in [1.82, 2.24) is 14.9 Å². The van der Waals surface area contributed by atoms with Crippen molar-refractivity contribution in [3.8, 4) is 0 Å². The molecule has 1 heterocycles. The van der Waals surface area contributed by atoms with Gasteiger partial charge in [-0.25, -0.2) is 4.98 Å². The molecule has 0 saturated heterocycles. The monoisotopic (exact) mass is 451 g/mol. The Bertz CT molecular complexity index is 1270. The molecule has 1 unspecified atom stereocenters. The van der Waals surface area contributed by atoms with Gasteiger partial charge in [-0.1, -0.05) is 47.5 Å². The van der Waals surface area contributed by atoms with Gasteiger partial charge >= 0.3 is 0 Å². The topological polar surface area (TPSA) is 64.0 Å². The summed E-state index contributed by atoms with van der Waals surface area (Å²) in [6.45, 7) is 1.92. The van der Waals surface area contributed by atoms with E-state index >= 15 is 0 Å². The summed E-state index contributed by atoms with van der Waals surface area (Å²) >= 11 is 12.1. The van der Waals surface area contributed by atoms with Gasteiger partial charge in [-0.3, -0.25) is 9.59 Å². The molecule has 1 aromatic heterocycles. The molecular weight excluding hydrogens is 433 g/mol. The zero-order valence-corrected chi connectivity index (χ0v) is 18.2. The lowest BCUT2D eigenvalue weighted by Gasteiger charge is -2.16. The van der Waals surface area contributed by atoms with E-state index in [0.717, 1.165) is 11.0 Å². The van der Waals surface area contributed by atoms with Gasteiger partial charge in [-0.05, 0) is 55.5 Å². The lowest BCUT2D eigenvalue weighted by Crippen LogP contribution is -2.29. The minimum atomic E-state index is -0.450. The summed E-state index contributed by atoms with van der Waals surface area (Å²) in [5, 5.41) is 3.88. The third-order valence-electron chi connectivity index (χ3n) is 5.01. The van der Waals surface area contributed by atoms with Crippen LogP contribution in [0.3, 0.4) is 0 Å². The maximum atomic E-state index is 12.9. The highest BCUT2D eigenvalue weighted by Crippen LogP contribution is 2.23. The fourth-order valence-electron chi connectivity index (χ4n) is 3.45. The molecule has 1 atom stereocenters. The molecular formula is C24H19Cl2N3O2. The number of benzene rings is 3. The van der Waals surface area contributed by atoms with Crippen molar-refractivity contribution >= 4 is 45.9 Å². The van der Waals surface area contributed by atoms with E-state index in [1.807, 2.05) is 35.8 Å². The van der Waals surface area contributed by atoms with Crippen LogP contribution in [0.2, 0.25) is 10.0 Å². The SMILES string of the molecule is CC(NC(=O)c1ccccc1Cl)c1nc2ccccc2n1CC(=O)c1ccc(Cl)cc1. The Balaban J connectivity index is 1.66. The number of carbonyl (C=O) groups is 2. The number of carbonyl (C=O) groups excluding carboxylic acids is 2. The van der Waals surface area contributed by atoms with Gasteiger partial charge in [0.1, 0.15) is 5.82 Å². The summed E-state index contributed by atoms with van der Waals surface area (Å²) in [6.07, 6.45) is 0. The Morgan fingerprint density at radius 1 is 0.968 bits per heavy atom. The Hall–Kier alpha value is -3.15. The minimum absolute atomic E-state index is 0.0781. The number of amides is 1. The fourth-order valence-corrected chi connectivity index (χ4v) is 3.79. The smallest absolute Gasteiger partial charge is 0.253 e. The van der Waals surface area contributed by atoms with E-state index in [1.54, 1.807) is 48.5 Å². The van der Waals surface area contributed by atoms with E-state index in [-0.39, 0.29) is 18.2 Å². The lowest BCUT2D eigenvalue weighted by molar-refractivity contribution is 0.0938. The predicted molar refractivity (Wildman–Crippen MR) is 123 cm³/mol. The number of hydrogen-bond acceptors (Lipinski definition) is 3. The first-order valence-electron chi connectivity index (χ1n) is 9.73. The number of para-hydroxylation sites is 2. The molecule has 0 spiro atoms. The van der Waals surface area contributed by atoms with E-state index in [0.29, 0.717) is 27.0 Å². The second-order valence-electron chi connectivity index (χ2n) is 7.15. The van der Waals surface area contributed by atoms with E-state index in [4.69, 9.17) is 23.2 Å². The zero-order chi connectivity index (χ0) is 22.0. The molecule has 0 aliphatic rings. The summed E-state index contributed by atoms with van der Waals surface area (Å²) < 4.78 is 1.84. The number of ketones is 1. The van der Waals surface area contributed by atoms with Gasteiger partial charge in [0.2, 0.25) is 0 Å². The summed E-state index contributed by atoms with van der Waals surface area (Å²) in [5.74, 6) is 0.204. The largest absolute Gasteiger partial charge is 0.342 e. The van der Waals surface area contributed by atoms with Crippen molar-refractivity contribution in [1.29, 1.82) is 0 Å². The molecule has 4 aromatic rings. The van der Waals surface area contributed by atoms with Gasteiger partial charge in [-0.15, -0.1) is 0 Å². The van der Waals surface area contributed by atoms with Crippen molar-refractivity contribution in [3.05, 3.63) is 99.8 Å².